The second kappa shape index (κ2) is 10.9. The molecule has 0 amide bonds. The zero-order chi connectivity index (χ0) is 20.6. The van der Waals surface area contributed by atoms with Crippen LogP contribution < -0.4 is 4.74 Å². The maximum Gasteiger partial charge on any atom is 0.149 e. The van der Waals surface area contributed by atoms with Crippen LogP contribution >= 0.6 is 22.6 Å². The van der Waals surface area contributed by atoms with Crippen LogP contribution in [0.2, 0.25) is 0 Å². The Labute approximate surface area is 188 Å². The largest absolute Gasteiger partial charge is 0.507 e. The molecule has 1 saturated heterocycles. The van der Waals surface area contributed by atoms with Crippen molar-refractivity contribution >= 4 is 22.6 Å². The quantitative estimate of drug-likeness (QED) is 0.469. The molecule has 0 aromatic heterocycles. The molecule has 154 valence electrons. The number of phenolic OH excluding ortho intramolecular Hbond substituents is 1. The number of hydrogen-bond donors (Lipinski definition) is 1. The molecule has 1 N–H and O–H groups in total. The molecule has 1 aliphatic heterocycles. The first-order chi connectivity index (χ1) is 14.1. The summed E-state index contributed by atoms with van der Waals surface area (Å²) < 4.78 is 6.48. The highest BCUT2D eigenvalue weighted by molar-refractivity contribution is 14.1. The Morgan fingerprint density at radius 1 is 1.21 bits per heavy atom. The standard InChI is InChI=1S/C24H29IN2O2/c1-3-26(2)21-11-13-27(14-12-21)18-20-16-19(17-23(25)24(20)28)8-7-15-29-22-9-5-4-6-10-22/h4-6,9-10,16-17,21,28H,3,11-15,18H2,1-2H3. The summed E-state index contributed by atoms with van der Waals surface area (Å²) in [4.78, 5) is 4.87. The molecule has 0 spiro atoms. The third-order valence-electron chi connectivity index (χ3n) is 5.50. The first-order valence-corrected chi connectivity index (χ1v) is 11.3. The third kappa shape index (κ3) is 6.36. The topological polar surface area (TPSA) is 35.9 Å². The van der Waals surface area contributed by atoms with Crippen molar-refractivity contribution in [2.24, 2.45) is 0 Å². The van der Waals surface area contributed by atoms with Crippen LogP contribution in [0.4, 0.5) is 0 Å². The zero-order valence-electron chi connectivity index (χ0n) is 17.2. The zero-order valence-corrected chi connectivity index (χ0v) is 19.4. The lowest BCUT2D eigenvalue weighted by Gasteiger charge is -2.36. The number of ether oxygens (including phenoxy) is 1. The van der Waals surface area contributed by atoms with Gasteiger partial charge in [-0.1, -0.05) is 37.0 Å². The number of para-hydroxylation sites is 1. The molecule has 0 bridgehead atoms. The highest BCUT2D eigenvalue weighted by Crippen LogP contribution is 2.28. The SMILES string of the molecule is CCN(C)C1CCN(Cc2cc(C#CCOc3ccccc3)cc(I)c2O)CC1. The van der Waals surface area contributed by atoms with Crippen molar-refractivity contribution in [2.75, 3.05) is 33.3 Å². The van der Waals surface area contributed by atoms with Gasteiger partial charge in [0.25, 0.3) is 0 Å². The minimum atomic E-state index is 0.343. The van der Waals surface area contributed by atoms with Gasteiger partial charge in [0, 0.05) is 23.7 Å². The maximum atomic E-state index is 10.5. The van der Waals surface area contributed by atoms with E-state index in [9.17, 15) is 5.11 Å². The van der Waals surface area contributed by atoms with Gasteiger partial charge in [0.05, 0.1) is 3.57 Å². The number of halogens is 1. The van der Waals surface area contributed by atoms with E-state index < -0.39 is 0 Å². The summed E-state index contributed by atoms with van der Waals surface area (Å²) in [6, 6.07) is 14.3. The van der Waals surface area contributed by atoms with Crippen LogP contribution in [-0.2, 0) is 6.54 Å². The average Bonchev–Trinajstić information content (AvgIpc) is 2.75. The maximum absolute atomic E-state index is 10.5. The van der Waals surface area contributed by atoms with E-state index in [2.05, 4.69) is 58.2 Å². The molecule has 4 nitrogen and oxygen atoms in total. The lowest BCUT2D eigenvalue weighted by Crippen LogP contribution is -2.42. The second-order valence-electron chi connectivity index (χ2n) is 7.45. The fourth-order valence-electron chi connectivity index (χ4n) is 3.64. The van der Waals surface area contributed by atoms with E-state index in [1.54, 1.807) is 0 Å². The van der Waals surface area contributed by atoms with Crippen molar-refractivity contribution in [1.29, 1.82) is 0 Å². The average molecular weight is 504 g/mol. The molecule has 0 atom stereocenters. The van der Waals surface area contributed by atoms with E-state index in [4.69, 9.17) is 4.74 Å². The van der Waals surface area contributed by atoms with Crippen LogP contribution in [0.5, 0.6) is 11.5 Å². The Morgan fingerprint density at radius 3 is 2.62 bits per heavy atom. The molecule has 2 aromatic rings. The van der Waals surface area contributed by atoms with Gasteiger partial charge in [-0.2, -0.15) is 0 Å². The minimum absolute atomic E-state index is 0.343. The molecular formula is C24H29IN2O2. The van der Waals surface area contributed by atoms with Gasteiger partial charge >= 0.3 is 0 Å². The summed E-state index contributed by atoms with van der Waals surface area (Å²) in [6.07, 6.45) is 2.36. The molecule has 0 aliphatic carbocycles. The van der Waals surface area contributed by atoms with Gasteiger partial charge in [0.2, 0.25) is 0 Å². The van der Waals surface area contributed by atoms with Crippen molar-refractivity contribution in [1.82, 2.24) is 9.80 Å². The Balaban J connectivity index is 1.60. The van der Waals surface area contributed by atoms with Crippen molar-refractivity contribution in [3.63, 3.8) is 0 Å². The predicted molar refractivity (Wildman–Crippen MR) is 126 cm³/mol. The number of rotatable bonds is 6. The van der Waals surface area contributed by atoms with Crippen LogP contribution in [0.25, 0.3) is 0 Å². The molecule has 3 rings (SSSR count). The van der Waals surface area contributed by atoms with Crippen LogP contribution in [0, 0.1) is 15.4 Å². The minimum Gasteiger partial charge on any atom is -0.507 e. The normalized spacial score (nSPS) is 15.2. The van der Waals surface area contributed by atoms with E-state index in [1.807, 2.05) is 42.5 Å². The van der Waals surface area contributed by atoms with Crippen LogP contribution in [0.15, 0.2) is 42.5 Å². The van der Waals surface area contributed by atoms with Crippen LogP contribution in [-0.4, -0.2) is 54.2 Å². The number of aromatic hydroxyl groups is 1. The molecule has 1 fully saturated rings. The molecule has 5 heteroatoms. The first-order valence-electron chi connectivity index (χ1n) is 10.2. The number of piperidine rings is 1. The monoisotopic (exact) mass is 504 g/mol. The Morgan fingerprint density at radius 2 is 1.93 bits per heavy atom. The van der Waals surface area contributed by atoms with E-state index in [1.165, 1.54) is 12.8 Å². The Kier molecular flexibility index (Phi) is 8.22. The number of benzene rings is 2. The van der Waals surface area contributed by atoms with Gasteiger partial charge in [0.1, 0.15) is 18.1 Å². The molecule has 29 heavy (non-hydrogen) atoms. The summed E-state index contributed by atoms with van der Waals surface area (Å²) in [5.41, 5.74) is 1.87. The molecule has 0 saturated carbocycles. The van der Waals surface area contributed by atoms with Gasteiger partial charge in [-0.15, -0.1) is 0 Å². The molecule has 0 unspecified atom stereocenters. The van der Waals surface area contributed by atoms with E-state index in [0.717, 1.165) is 46.6 Å². The fraction of sp³-hybridized carbons (Fsp3) is 0.417. The fourth-order valence-corrected chi connectivity index (χ4v) is 4.32. The predicted octanol–water partition coefficient (Wildman–Crippen LogP) is 4.34. The molecule has 2 aromatic carbocycles. The summed E-state index contributed by atoms with van der Waals surface area (Å²) in [6.45, 7) is 6.54. The number of hydrogen-bond acceptors (Lipinski definition) is 4. The van der Waals surface area contributed by atoms with Crippen molar-refractivity contribution < 1.29 is 9.84 Å². The van der Waals surface area contributed by atoms with E-state index in [-0.39, 0.29) is 0 Å². The molecule has 1 heterocycles. The molecular weight excluding hydrogens is 475 g/mol. The van der Waals surface area contributed by atoms with Crippen LogP contribution in [0.1, 0.15) is 30.9 Å². The van der Waals surface area contributed by atoms with Gasteiger partial charge < -0.3 is 14.7 Å². The highest BCUT2D eigenvalue weighted by Gasteiger charge is 2.22. The smallest absolute Gasteiger partial charge is 0.149 e. The summed E-state index contributed by atoms with van der Waals surface area (Å²) >= 11 is 2.18. The van der Waals surface area contributed by atoms with E-state index in [0.29, 0.717) is 18.4 Å². The number of nitrogens with zero attached hydrogens (tertiary/aromatic N) is 2. The highest BCUT2D eigenvalue weighted by atomic mass is 127. The summed E-state index contributed by atoms with van der Waals surface area (Å²) in [5, 5.41) is 10.5. The Hall–Kier alpha value is -1.75. The second-order valence-corrected chi connectivity index (χ2v) is 8.61. The molecule has 1 aliphatic rings. The summed E-state index contributed by atoms with van der Waals surface area (Å²) in [5.74, 6) is 7.45. The van der Waals surface area contributed by atoms with E-state index >= 15 is 0 Å². The number of phenols is 1. The van der Waals surface area contributed by atoms with Gasteiger partial charge in [-0.25, -0.2) is 0 Å². The third-order valence-corrected chi connectivity index (χ3v) is 6.32. The van der Waals surface area contributed by atoms with Gasteiger partial charge in [0.15, 0.2) is 0 Å². The van der Waals surface area contributed by atoms with Crippen molar-refractivity contribution in [3.05, 3.63) is 57.2 Å². The molecule has 0 radical (unpaired) electrons. The first kappa shape index (κ1) is 21.9. The van der Waals surface area contributed by atoms with Crippen LogP contribution in [0.3, 0.4) is 0 Å². The number of likely N-dealkylation sites (tertiary alicyclic amines) is 1. The lowest BCUT2D eigenvalue weighted by atomic mass is 10.0. The summed E-state index contributed by atoms with van der Waals surface area (Å²) in [7, 11) is 2.21. The van der Waals surface area contributed by atoms with Gasteiger partial charge in [-0.3, -0.25) is 4.90 Å². The van der Waals surface area contributed by atoms with Gasteiger partial charge in [-0.05, 0) is 86.4 Å². The van der Waals surface area contributed by atoms with Crippen molar-refractivity contribution in [2.45, 2.75) is 32.4 Å². The lowest BCUT2D eigenvalue weighted by molar-refractivity contribution is 0.126. The van der Waals surface area contributed by atoms with Crippen molar-refractivity contribution in [3.8, 4) is 23.3 Å². The Bertz CT molecular complexity index is 852.